The van der Waals surface area contributed by atoms with E-state index in [1.165, 1.54) is 23.3 Å². The molecule has 1 aromatic carbocycles. The lowest BCUT2D eigenvalue weighted by Gasteiger charge is -2.50. The minimum atomic E-state index is 0.0144. The minimum Gasteiger partial charge on any atom is -0.290 e. The third-order valence-electron chi connectivity index (χ3n) is 5.49. The Kier molecular flexibility index (Phi) is 2.22. The highest BCUT2D eigenvalue weighted by Crippen LogP contribution is 2.60. The number of rotatable bonds is 0. The van der Waals surface area contributed by atoms with Gasteiger partial charge in [0.2, 0.25) is 0 Å². The number of carbonyl (C=O) groups excluding carboxylic acids is 2. The first kappa shape index (κ1) is 12.1. The van der Waals surface area contributed by atoms with Crippen molar-refractivity contribution in [1.82, 2.24) is 0 Å². The van der Waals surface area contributed by atoms with Gasteiger partial charge in [-0.3, -0.25) is 9.59 Å². The van der Waals surface area contributed by atoms with E-state index in [0.717, 1.165) is 11.1 Å². The molecule has 106 valence electrons. The van der Waals surface area contributed by atoms with E-state index >= 15 is 0 Å². The van der Waals surface area contributed by atoms with Crippen LogP contribution in [0.15, 0.2) is 71.9 Å². The summed E-state index contributed by atoms with van der Waals surface area (Å²) in [6, 6.07) is 8.30. The Morgan fingerprint density at radius 1 is 0.682 bits per heavy atom. The van der Waals surface area contributed by atoms with Crippen molar-refractivity contribution in [2.45, 2.75) is 11.8 Å². The van der Waals surface area contributed by atoms with Crippen LogP contribution in [0, 0.1) is 11.8 Å². The van der Waals surface area contributed by atoms with Crippen molar-refractivity contribution >= 4 is 11.6 Å². The van der Waals surface area contributed by atoms with Gasteiger partial charge >= 0.3 is 0 Å². The van der Waals surface area contributed by atoms with E-state index in [-0.39, 0.29) is 35.2 Å². The molecule has 0 saturated heterocycles. The highest BCUT2D eigenvalue weighted by atomic mass is 16.1. The molecule has 0 heterocycles. The average molecular weight is 286 g/mol. The third kappa shape index (κ3) is 1.31. The molecule has 0 spiro atoms. The Hall–Kier alpha value is -2.48. The molecule has 0 aromatic heterocycles. The third-order valence-corrected chi connectivity index (χ3v) is 5.49. The van der Waals surface area contributed by atoms with Crippen molar-refractivity contribution in [1.29, 1.82) is 0 Å². The molecule has 0 saturated carbocycles. The standard InChI is InChI=1S/C20H14O2/c21-15-9-10-16(22)20-18-12-6-2-1-5-11(12)17(19(15)20)13-7-3-4-8-14(13)18/h1-12,17-18H/t11-,12-,17+,18+/m0/s1. The number of hydrogen-bond donors (Lipinski definition) is 0. The summed E-state index contributed by atoms with van der Waals surface area (Å²) in [6.07, 6.45) is 11.4. The molecule has 0 amide bonds. The van der Waals surface area contributed by atoms with Gasteiger partial charge in [0.25, 0.3) is 0 Å². The number of benzene rings is 1. The van der Waals surface area contributed by atoms with Gasteiger partial charge in [0.1, 0.15) is 0 Å². The fourth-order valence-electron chi connectivity index (χ4n) is 4.73. The fraction of sp³-hybridized carbons (Fsp3) is 0.200. The maximum absolute atomic E-state index is 12.5. The van der Waals surface area contributed by atoms with Crippen molar-refractivity contribution in [2.24, 2.45) is 11.8 Å². The van der Waals surface area contributed by atoms with E-state index in [4.69, 9.17) is 0 Å². The van der Waals surface area contributed by atoms with Gasteiger partial charge in [-0.25, -0.2) is 0 Å². The Labute approximate surface area is 128 Å². The highest BCUT2D eigenvalue weighted by molar-refractivity contribution is 6.22. The first-order valence-electron chi connectivity index (χ1n) is 7.72. The van der Waals surface area contributed by atoms with Gasteiger partial charge in [-0.2, -0.15) is 0 Å². The Balaban J connectivity index is 1.85. The van der Waals surface area contributed by atoms with Gasteiger partial charge in [-0.15, -0.1) is 0 Å². The molecule has 2 bridgehead atoms. The first-order valence-corrected chi connectivity index (χ1v) is 7.72. The molecule has 0 unspecified atom stereocenters. The molecule has 22 heavy (non-hydrogen) atoms. The lowest BCUT2D eigenvalue weighted by Crippen LogP contribution is -2.43. The molecule has 0 aliphatic heterocycles. The number of allylic oxidation sites excluding steroid dienone is 8. The molecule has 4 atom stereocenters. The van der Waals surface area contributed by atoms with Crippen LogP contribution in [0.25, 0.3) is 0 Å². The zero-order valence-corrected chi connectivity index (χ0v) is 11.9. The molecule has 6 rings (SSSR count). The van der Waals surface area contributed by atoms with E-state index in [9.17, 15) is 9.59 Å². The molecule has 0 fully saturated rings. The van der Waals surface area contributed by atoms with Crippen molar-refractivity contribution in [3.8, 4) is 0 Å². The van der Waals surface area contributed by atoms with Crippen LogP contribution in [0.2, 0.25) is 0 Å². The molecule has 5 aliphatic rings. The summed E-state index contributed by atoms with van der Waals surface area (Å²) in [7, 11) is 0. The molecular formula is C20H14O2. The van der Waals surface area contributed by atoms with Crippen LogP contribution >= 0.6 is 0 Å². The van der Waals surface area contributed by atoms with Crippen molar-refractivity contribution in [3.05, 3.63) is 83.0 Å². The number of carbonyl (C=O) groups is 2. The fourth-order valence-corrected chi connectivity index (χ4v) is 4.73. The second kappa shape index (κ2) is 4.04. The van der Waals surface area contributed by atoms with Crippen molar-refractivity contribution in [3.63, 3.8) is 0 Å². The Morgan fingerprint density at radius 2 is 1.14 bits per heavy atom. The Morgan fingerprint density at radius 3 is 1.59 bits per heavy atom. The average Bonchev–Trinajstić information content (AvgIpc) is 2.58. The molecule has 2 nitrogen and oxygen atoms in total. The second-order valence-electron chi connectivity index (χ2n) is 6.40. The summed E-state index contributed by atoms with van der Waals surface area (Å²) in [5, 5.41) is 0. The van der Waals surface area contributed by atoms with Crippen molar-refractivity contribution < 1.29 is 9.59 Å². The predicted octanol–water partition coefficient (Wildman–Crippen LogP) is 3.24. The summed E-state index contributed by atoms with van der Waals surface area (Å²) >= 11 is 0. The van der Waals surface area contributed by atoms with Crippen molar-refractivity contribution in [2.75, 3.05) is 0 Å². The van der Waals surface area contributed by atoms with E-state index in [1.807, 2.05) is 12.1 Å². The maximum atomic E-state index is 12.5. The van der Waals surface area contributed by atoms with E-state index in [1.54, 1.807) is 0 Å². The van der Waals surface area contributed by atoms with Crippen LogP contribution in [0.4, 0.5) is 0 Å². The molecule has 1 aromatic rings. The topological polar surface area (TPSA) is 34.1 Å². The predicted molar refractivity (Wildman–Crippen MR) is 83.4 cm³/mol. The van der Waals surface area contributed by atoms with Crippen LogP contribution in [0.5, 0.6) is 0 Å². The van der Waals surface area contributed by atoms with Gasteiger partial charge in [-0.05, 0) is 35.1 Å². The van der Waals surface area contributed by atoms with E-state index in [0.29, 0.717) is 0 Å². The smallest absolute Gasteiger partial charge is 0.183 e. The Bertz CT molecular complexity index is 781. The molecule has 2 heteroatoms. The summed E-state index contributed by atoms with van der Waals surface area (Å²) in [5.41, 5.74) is 3.95. The normalized spacial score (nSPS) is 33.8. The maximum Gasteiger partial charge on any atom is 0.183 e. The molecule has 0 radical (unpaired) electrons. The van der Waals surface area contributed by atoms with E-state index < -0.39 is 0 Å². The SMILES string of the molecule is O=C1C=CC(=O)C2=C1[C@H]1c3ccccc3[C@H]2[C@H]2C=CC=C[C@@H]21. The molecule has 5 aliphatic carbocycles. The van der Waals surface area contributed by atoms with Gasteiger partial charge in [0.15, 0.2) is 11.6 Å². The van der Waals surface area contributed by atoms with Gasteiger partial charge in [-0.1, -0.05) is 48.6 Å². The molecule has 0 N–H and O–H groups in total. The zero-order chi connectivity index (χ0) is 14.8. The highest BCUT2D eigenvalue weighted by Gasteiger charge is 2.52. The number of ketones is 2. The van der Waals surface area contributed by atoms with E-state index in [2.05, 4.69) is 36.4 Å². The largest absolute Gasteiger partial charge is 0.290 e. The van der Waals surface area contributed by atoms with Crippen LogP contribution in [0.1, 0.15) is 23.0 Å². The summed E-state index contributed by atoms with van der Waals surface area (Å²) in [5.74, 6) is 0.632. The van der Waals surface area contributed by atoms with Crippen LogP contribution in [-0.2, 0) is 9.59 Å². The van der Waals surface area contributed by atoms with Crippen LogP contribution in [0.3, 0.4) is 0 Å². The number of hydrogen-bond acceptors (Lipinski definition) is 2. The quantitative estimate of drug-likeness (QED) is 0.686. The van der Waals surface area contributed by atoms with Crippen LogP contribution in [-0.4, -0.2) is 11.6 Å². The van der Waals surface area contributed by atoms with Crippen LogP contribution < -0.4 is 0 Å². The summed E-state index contributed by atoms with van der Waals surface area (Å²) < 4.78 is 0. The summed E-state index contributed by atoms with van der Waals surface area (Å²) in [6.45, 7) is 0. The lowest BCUT2D eigenvalue weighted by atomic mass is 9.52. The van der Waals surface area contributed by atoms with Gasteiger partial charge in [0, 0.05) is 23.0 Å². The first-order chi connectivity index (χ1) is 10.8. The zero-order valence-electron chi connectivity index (χ0n) is 11.9. The van der Waals surface area contributed by atoms with Gasteiger partial charge in [0.05, 0.1) is 0 Å². The summed E-state index contributed by atoms with van der Waals surface area (Å²) in [4.78, 5) is 25.0. The minimum absolute atomic E-state index is 0.0144. The monoisotopic (exact) mass is 286 g/mol. The second-order valence-corrected chi connectivity index (χ2v) is 6.40. The lowest BCUT2D eigenvalue weighted by molar-refractivity contribution is -0.116. The molecular weight excluding hydrogens is 272 g/mol. The van der Waals surface area contributed by atoms with Gasteiger partial charge < -0.3 is 0 Å².